The third-order valence-electron chi connectivity index (χ3n) is 6.96. The minimum Gasteiger partial charge on any atom is -0.491 e. The molecule has 1 saturated carbocycles. The smallest absolute Gasteiger partial charge is 0.333 e. The number of amides is 2. The number of pyridine rings is 1. The standard InChI is InChI=1S/C28H32F2N6O5/c1-15-10-11-35-21(12-15)22(24(31)37)26(34-35)41-17-6-4-16(5-7-17)32-25(38)23-19-9-8-18(40-14-28(2,3)39)13-20(19)36(33-23)27(29)30/h8-13,16-17,27,39H,4-7,14H2,1-3H3,(H2,31,37)(H,32,38). The maximum atomic E-state index is 13.8. The lowest BCUT2D eigenvalue weighted by Gasteiger charge is -2.28. The Balaban J connectivity index is 1.25. The number of ether oxygens (including phenoxy) is 2. The van der Waals surface area contributed by atoms with E-state index in [4.69, 9.17) is 15.2 Å². The summed E-state index contributed by atoms with van der Waals surface area (Å²) in [7, 11) is 0. The fourth-order valence-electron chi connectivity index (χ4n) is 4.96. The van der Waals surface area contributed by atoms with Gasteiger partial charge in [0.1, 0.15) is 24.0 Å². The minimum absolute atomic E-state index is 0.0400. The van der Waals surface area contributed by atoms with E-state index in [1.165, 1.54) is 12.1 Å². The molecule has 5 rings (SSSR count). The topological polar surface area (TPSA) is 146 Å². The molecule has 0 saturated heterocycles. The third kappa shape index (κ3) is 6.09. The molecule has 41 heavy (non-hydrogen) atoms. The number of primary amides is 1. The van der Waals surface area contributed by atoms with Gasteiger partial charge in [0.2, 0.25) is 5.88 Å². The van der Waals surface area contributed by atoms with Crippen molar-refractivity contribution in [3.63, 3.8) is 0 Å². The van der Waals surface area contributed by atoms with Gasteiger partial charge in [0.25, 0.3) is 11.8 Å². The van der Waals surface area contributed by atoms with E-state index in [-0.39, 0.29) is 52.5 Å². The molecule has 11 nitrogen and oxygen atoms in total. The molecule has 0 radical (unpaired) electrons. The summed E-state index contributed by atoms with van der Waals surface area (Å²) in [6.45, 7) is 2.03. The number of carbonyl (C=O) groups excluding carboxylic acids is 2. The van der Waals surface area contributed by atoms with E-state index in [1.54, 1.807) is 30.6 Å². The van der Waals surface area contributed by atoms with Crippen LogP contribution < -0.4 is 20.5 Å². The van der Waals surface area contributed by atoms with Crippen LogP contribution in [0, 0.1) is 6.92 Å². The Bertz CT molecular complexity index is 1600. The third-order valence-corrected chi connectivity index (χ3v) is 6.96. The highest BCUT2D eigenvalue weighted by Crippen LogP contribution is 2.30. The van der Waals surface area contributed by atoms with Crippen LogP contribution in [0.25, 0.3) is 16.4 Å². The van der Waals surface area contributed by atoms with Gasteiger partial charge in [-0.25, -0.2) is 9.20 Å². The second-order valence-electron chi connectivity index (χ2n) is 11.0. The molecular formula is C28H32F2N6O5. The number of aromatic nitrogens is 4. The van der Waals surface area contributed by atoms with Gasteiger partial charge in [0.15, 0.2) is 5.69 Å². The predicted octanol–water partition coefficient (Wildman–Crippen LogP) is 3.76. The Morgan fingerprint density at radius 3 is 2.54 bits per heavy atom. The lowest BCUT2D eigenvalue weighted by molar-refractivity contribution is 0.0284. The first kappa shape index (κ1) is 28.3. The van der Waals surface area contributed by atoms with E-state index in [0.29, 0.717) is 35.9 Å². The molecule has 0 aliphatic heterocycles. The largest absolute Gasteiger partial charge is 0.491 e. The van der Waals surface area contributed by atoms with Crippen molar-refractivity contribution < 1.29 is 33.0 Å². The summed E-state index contributed by atoms with van der Waals surface area (Å²) in [6, 6.07) is 7.89. The monoisotopic (exact) mass is 570 g/mol. The molecule has 1 aliphatic carbocycles. The van der Waals surface area contributed by atoms with Crippen LogP contribution in [-0.2, 0) is 0 Å². The Morgan fingerprint density at radius 1 is 1.15 bits per heavy atom. The van der Waals surface area contributed by atoms with Crippen LogP contribution in [0.4, 0.5) is 8.78 Å². The van der Waals surface area contributed by atoms with Gasteiger partial charge < -0.3 is 25.6 Å². The molecule has 1 aliphatic rings. The van der Waals surface area contributed by atoms with Crippen LogP contribution in [0.2, 0.25) is 0 Å². The summed E-state index contributed by atoms with van der Waals surface area (Å²) >= 11 is 0. The summed E-state index contributed by atoms with van der Waals surface area (Å²) in [5.41, 5.74) is 6.19. The SMILES string of the molecule is Cc1ccn2nc(OC3CCC(NC(=O)c4nn(C(F)F)c5cc(OCC(C)(C)O)ccc45)CC3)c(C(N)=O)c2c1. The maximum absolute atomic E-state index is 13.8. The zero-order valence-corrected chi connectivity index (χ0v) is 22.9. The van der Waals surface area contributed by atoms with E-state index < -0.39 is 24.0 Å². The Labute approximate surface area is 234 Å². The summed E-state index contributed by atoms with van der Waals surface area (Å²) in [6.07, 6.45) is 3.77. The van der Waals surface area contributed by atoms with Gasteiger partial charge in [0.05, 0.1) is 16.6 Å². The minimum atomic E-state index is -2.97. The maximum Gasteiger partial charge on any atom is 0.333 e. The summed E-state index contributed by atoms with van der Waals surface area (Å²) in [5.74, 6) is -0.749. The van der Waals surface area contributed by atoms with Crippen LogP contribution in [-0.4, -0.2) is 60.7 Å². The predicted molar refractivity (Wildman–Crippen MR) is 145 cm³/mol. The second kappa shape index (κ2) is 11.0. The number of carbonyl (C=O) groups is 2. The molecule has 0 atom stereocenters. The van der Waals surface area contributed by atoms with Crippen LogP contribution in [0.5, 0.6) is 11.6 Å². The molecule has 3 aromatic heterocycles. The first-order chi connectivity index (χ1) is 19.4. The van der Waals surface area contributed by atoms with E-state index in [9.17, 15) is 23.5 Å². The van der Waals surface area contributed by atoms with Crippen molar-refractivity contribution >= 4 is 28.2 Å². The van der Waals surface area contributed by atoms with Crippen LogP contribution in [0.1, 0.15) is 72.5 Å². The van der Waals surface area contributed by atoms with Crippen molar-refractivity contribution in [2.75, 3.05) is 6.61 Å². The molecule has 0 unspecified atom stereocenters. The zero-order valence-electron chi connectivity index (χ0n) is 22.9. The van der Waals surface area contributed by atoms with Crippen LogP contribution in [0.15, 0.2) is 36.5 Å². The van der Waals surface area contributed by atoms with Crippen molar-refractivity contribution in [2.45, 2.75) is 70.8 Å². The molecule has 1 aromatic carbocycles. The van der Waals surface area contributed by atoms with Crippen molar-refractivity contribution in [1.82, 2.24) is 24.7 Å². The number of halogens is 2. The second-order valence-corrected chi connectivity index (χ2v) is 11.0. The van der Waals surface area contributed by atoms with Gasteiger partial charge in [-0.2, -0.15) is 13.9 Å². The number of aliphatic hydroxyl groups is 1. The number of aryl methyl sites for hydroxylation is 1. The Kier molecular flexibility index (Phi) is 7.56. The number of fused-ring (bicyclic) bond motifs is 2. The quantitative estimate of drug-likeness (QED) is 0.278. The van der Waals surface area contributed by atoms with Crippen LogP contribution >= 0.6 is 0 Å². The zero-order chi connectivity index (χ0) is 29.5. The van der Waals surface area contributed by atoms with Crippen molar-refractivity contribution in [3.05, 3.63) is 53.3 Å². The lowest BCUT2D eigenvalue weighted by atomic mass is 9.92. The summed E-state index contributed by atoms with van der Waals surface area (Å²) in [4.78, 5) is 25.3. The molecule has 3 heterocycles. The van der Waals surface area contributed by atoms with Gasteiger partial charge in [-0.05, 0) is 76.3 Å². The highest BCUT2D eigenvalue weighted by molar-refractivity contribution is 6.05. The van der Waals surface area contributed by atoms with E-state index in [1.807, 2.05) is 19.1 Å². The van der Waals surface area contributed by atoms with Crippen molar-refractivity contribution in [1.29, 1.82) is 0 Å². The number of rotatable bonds is 9. The van der Waals surface area contributed by atoms with E-state index >= 15 is 0 Å². The summed E-state index contributed by atoms with van der Waals surface area (Å²) in [5, 5.41) is 21.3. The molecule has 13 heteroatoms. The number of benzene rings is 1. The highest BCUT2D eigenvalue weighted by atomic mass is 19.3. The van der Waals surface area contributed by atoms with Crippen LogP contribution in [0.3, 0.4) is 0 Å². The van der Waals surface area contributed by atoms with Crippen molar-refractivity contribution in [2.24, 2.45) is 5.73 Å². The highest BCUT2D eigenvalue weighted by Gasteiger charge is 2.29. The first-order valence-electron chi connectivity index (χ1n) is 13.3. The number of hydrogen-bond donors (Lipinski definition) is 3. The average molecular weight is 571 g/mol. The van der Waals surface area contributed by atoms with Gasteiger partial charge in [-0.15, -0.1) is 5.10 Å². The molecule has 1 fully saturated rings. The average Bonchev–Trinajstić information content (AvgIpc) is 3.46. The number of nitrogens with one attached hydrogen (secondary N) is 1. The molecule has 0 spiro atoms. The lowest BCUT2D eigenvalue weighted by Crippen LogP contribution is -2.40. The Hall–Kier alpha value is -4.26. The molecule has 4 N–H and O–H groups in total. The molecule has 0 bridgehead atoms. The van der Waals surface area contributed by atoms with Gasteiger partial charge in [0, 0.05) is 23.7 Å². The number of nitrogens with zero attached hydrogens (tertiary/aromatic N) is 4. The first-order valence-corrected chi connectivity index (χ1v) is 13.3. The van der Waals surface area contributed by atoms with E-state index in [2.05, 4.69) is 15.5 Å². The molecule has 218 valence electrons. The normalized spacial score (nSPS) is 17.7. The van der Waals surface area contributed by atoms with Gasteiger partial charge in [-0.1, -0.05) is 0 Å². The van der Waals surface area contributed by atoms with E-state index in [0.717, 1.165) is 5.56 Å². The molecule has 4 aromatic rings. The molecule has 2 amide bonds. The fourth-order valence-corrected chi connectivity index (χ4v) is 4.96. The number of nitrogens with two attached hydrogens (primary N) is 1. The van der Waals surface area contributed by atoms with Crippen molar-refractivity contribution in [3.8, 4) is 11.6 Å². The fraction of sp³-hybridized carbons (Fsp3) is 0.429. The summed E-state index contributed by atoms with van der Waals surface area (Å²) < 4.78 is 41.2. The van der Waals surface area contributed by atoms with Gasteiger partial charge >= 0.3 is 6.55 Å². The Morgan fingerprint density at radius 2 is 1.88 bits per heavy atom. The number of hydrogen-bond acceptors (Lipinski definition) is 7. The van der Waals surface area contributed by atoms with Gasteiger partial charge in [-0.3, -0.25) is 9.59 Å². The number of alkyl halides is 2. The molecular weight excluding hydrogens is 538 g/mol.